The van der Waals surface area contributed by atoms with E-state index in [0.717, 1.165) is 19.3 Å². The molecule has 0 heterocycles. The predicted octanol–water partition coefficient (Wildman–Crippen LogP) is 3.43. The second-order valence-corrected chi connectivity index (χ2v) is 7.09. The van der Waals surface area contributed by atoms with Crippen LogP contribution >= 0.6 is 31.9 Å². The first kappa shape index (κ1) is 15.9. The molecule has 0 unspecified atom stereocenters. The zero-order valence-electron chi connectivity index (χ0n) is 9.95. The Balaban J connectivity index is 2.88. The molecule has 0 radical (unpaired) electrons. The van der Waals surface area contributed by atoms with Crippen molar-refractivity contribution in [3.8, 4) is 5.75 Å². The lowest BCUT2D eigenvalue weighted by Crippen LogP contribution is -2.12. The van der Waals surface area contributed by atoms with E-state index in [1.165, 1.54) is 12.1 Å². The lowest BCUT2D eigenvalue weighted by Gasteiger charge is -2.11. The van der Waals surface area contributed by atoms with Crippen molar-refractivity contribution in [2.75, 3.05) is 6.61 Å². The molecule has 0 amide bonds. The lowest BCUT2D eigenvalue weighted by atomic mass is 10.3. The Bertz CT molecular complexity index is 494. The van der Waals surface area contributed by atoms with Crippen LogP contribution < -0.4 is 9.88 Å². The third-order valence-corrected chi connectivity index (χ3v) is 4.37. The molecule has 0 spiro atoms. The smallest absolute Gasteiger partial charge is 0.238 e. The van der Waals surface area contributed by atoms with E-state index in [0.29, 0.717) is 21.3 Å². The second kappa shape index (κ2) is 6.88. The zero-order chi connectivity index (χ0) is 13.8. The molecule has 7 heteroatoms. The van der Waals surface area contributed by atoms with Gasteiger partial charge in [-0.15, -0.1) is 0 Å². The molecule has 102 valence electrons. The molecule has 18 heavy (non-hydrogen) atoms. The molecular formula is C11H15Br2NO3S. The van der Waals surface area contributed by atoms with Gasteiger partial charge in [-0.05, 0) is 50.4 Å². The van der Waals surface area contributed by atoms with Crippen molar-refractivity contribution in [2.45, 2.75) is 31.1 Å². The average Bonchev–Trinajstić information content (AvgIpc) is 2.25. The number of halogens is 2. The van der Waals surface area contributed by atoms with Crippen molar-refractivity contribution in [3.05, 3.63) is 21.1 Å². The maximum Gasteiger partial charge on any atom is 0.238 e. The first-order valence-electron chi connectivity index (χ1n) is 5.51. The highest BCUT2D eigenvalue weighted by molar-refractivity contribution is 9.11. The number of benzene rings is 1. The highest BCUT2D eigenvalue weighted by Crippen LogP contribution is 2.35. The number of hydrogen-bond acceptors (Lipinski definition) is 3. The summed E-state index contributed by atoms with van der Waals surface area (Å²) in [5, 5.41) is 5.07. The van der Waals surface area contributed by atoms with E-state index in [1.54, 1.807) is 0 Å². The number of ether oxygens (including phenoxy) is 1. The highest BCUT2D eigenvalue weighted by atomic mass is 79.9. The first-order valence-corrected chi connectivity index (χ1v) is 8.64. The molecule has 2 N–H and O–H groups in total. The van der Waals surface area contributed by atoms with Crippen molar-refractivity contribution in [1.82, 2.24) is 0 Å². The van der Waals surface area contributed by atoms with E-state index >= 15 is 0 Å². The summed E-state index contributed by atoms with van der Waals surface area (Å²) < 4.78 is 29.2. The van der Waals surface area contributed by atoms with Gasteiger partial charge in [0.15, 0.2) is 0 Å². The van der Waals surface area contributed by atoms with Crippen molar-refractivity contribution < 1.29 is 13.2 Å². The molecule has 1 aromatic carbocycles. The van der Waals surface area contributed by atoms with Crippen molar-refractivity contribution >= 4 is 41.9 Å². The van der Waals surface area contributed by atoms with E-state index in [4.69, 9.17) is 9.88 Å². The van der Waals surface area contributed by atoms with Gasteiger partial charge in [-0.1, -0.05) is 19.8 Å². The summed E-state index contributed by atoms with van der Waals surface area (Å²) in [7, 11) is -3.71. The summed E-state index contributed by atoms with van der Waals surface area (Å²) >= 11 is 6.57. The molecule has 1 rings (SSSR count). The topological polar surface area (TPSA) is 69.4 Å². The van der Waals surface area contributed by atoms with Gasteiger partial charge in [-0.25, -0.2) is 13.6 Å². The Hall–Kier alpha value is -0.110. The number of unbranched alkanes of at least 4 members (excludes halogenated alkanes) is 2. The third-order valence-electron chi connectivity index (χ3n) is 2.29. The summed E-state index contributed by atoms with van der Waals surface area (Å²) in [5.41, 5.74) is 0. The molecule has 4 nitrogen and oxygen atoms in total. The Kier molecular flexibility index (Phi) is 6.10. The molecule has 0 fully saturated rings. The van der Waals surface area contributed by atoms with Crippen LogP contribution in [0.2, 0.25) is 0 Å². The van der Waals surface area contributed by atoms with Gasteiger partial charge in [0.2, 0.25) is 10.0 Å². The van der Waals surface area contributed by atoms with E-state index < -0.39 is 10.0 Å². The van der Waals surface area contributed by atoms with Gasteiger partial charge in [0.05, 0.1) is 20.4 Å². The van der Waals surface area contributed by atoms with E-state index in [-0.39, 0.29) is 4.90 Å². The fourth-order valence-corrected chi connectivity index (χ4v) is 3.65. The molecule has 0 bridgehead atoms. The van der Waals surface area contributed by atoms with Gasteiger partial charge in [0.25, 0.3) is 0 Å². The van der Waals surface area contributed by atoms with Crippen LogP contribution in [0.4, 0.5) is 0 Å². The van der Waals surface area contributed by atoms with Crippen LogP contribution in [0.3, 0.4) is 0 Å². The fraction of sp³-hybridized carbons (Fsp3) is 0.455. The summed E-state index contributed by atoms with van der Waals surface area (Å²) in [6.07, 6.45) is 3.19. The van der Waals surface area contributed by atoms with Crippen LogP contribution in [-0.4, -0.2) is 15.0 Å². The van der Waals surface area contributed by atoms with E-state index in [1.807, 2.05) is 0 Å². The standard InChI is InChI=1S/C11H15Br2NO3S/c1-2-3-4-5-17-11-9(12)6-8(7-10(11)13)18(14,15)16/h6-7H,2-5H2,1H3,(H2,14,15,16). The Labute approximate surface area is 124 Å². The molecular weight excluding hydrogens is 386 g/mol. The summed E-state index contributed by atoms with van der Waals surface area (Å²) in [5.74, 6) is 0.596. The van der Waals surface area contributed by atoms with Gasteiger partial charge in [-0.2, -0.15) is 0 Å². The zero-order valence-corrected chi connectivity index (χ0v) is 13.9. The molecule has 0 aliphatic rings. The molecule has 1 aromatic rings. The fourth-order valence-electron chi connectivity index (χ4n) is 1.37. The molecule has 0 aliphatic heterocycles. The van der Waals surface area contributed by atoms with Crippen LogP contribution in [0.1, 0.15) is 26.2 Å². The van der Waals surface area contributed by atoms with E-state index in [9.17, 15) is 8.42 Å². The maximum atomic E-state index is 11.2. The highest BCUT2D eigenvalue weighted by Gasteiger charge is 2.15. The minimum absolute atomic E-state index is 0.0437. The maximum absolute atomic E-state index is 11.2. The second-order valence-electron chi connectivity index (χ2n) is 3.82. The Morgan fingerprint density at radius 2 is 1.78 bits per heavy atom. The SMILES string of the molecule is CCCCCOc1c(Br)cc(S(N)(=O)=O)cc1Br. The molecule has 0 saturated carbocycles. The van der Waals surface area contributed by atoms with Gasteiger partial charge >= 0.3 is 0 Å². The third kappa shape index (κ3) is 4.53. The summed E-state index contributed by atoms with van der Waals surface area (Å²) in [6, 6.07) is 2.88. The van der Waals surface area contributed by atoms with Gasteiger partial charge in [-0.3, -0.25) is 0 Å². The van der Waals surface area contributed by atoms with Crippen molar-refractivity contribution in [3.63, 3.8) is 0 Å². The number of primary sulfonamides is 1. The Morgan fingerprint density at radius 3 is 2.22 bits per heavy atom. The molecule has 0 saturated heterocycles. The van der Waals surface area contributed by atoms with Crippen LogP contribution in [0.5, 0.6) is 5.75 Å². The van der Waals surface area contributed by atoms with E-state index in [2.05, 4.69) is 38.8 Å². The van der Waals surface area contributed by atoms with Gasteiger partial charge in [0, 0.05) is 0 Å². The largest absolute Gasteiger partial charge is 0.491 e. The van der Waals surface area contributed by atoms with Crippen molar-refractivity contribution in [2.24, 2.45) is 5.14 Å². The number of hydrogen-bond donors (Lipinski definition) is 1. The monoisotopic (exact) mass is 399 g/mol. The Morgan fingerprint density at radius 1 is 1.22 bits per heavy atom. The van der Waals surface area contributed by atoms with Crippen LogP contribution in [-0.2, 0) is 10.0 Å². The summed E-state index contributed by atoms with van der Waals surface area (Å²) in [4.78, 5) is 0.0437. The average molecular weight is 401 g/mol. The van der Waals surface area contributed by atoms with Gasteiger partial charge in [0.1, 0.15) is 5.75 Å². The van der Waals surface area contributed by atoms with Gasteiger partial charge < -0.3 is 4.74 Å². The van der Waals surface area contributed by atoms with Crippen LogP contribution in [0.25, 0.3) is 0 Å². The molecule has 0 aromatic heterocycles. The van der Waals surface area contributed by atoms with Crippen LogP contribution in [0, 0.1) is 0 Å². The number of sulfonamides is 1. The minimum atomic E-state index is -3.71. The van der Waals surface area contributed by atoms with Crippen LogP contribution in [0.15, 0.2) is 26.0 Å². The normalized spacial score (nSPS) is 11.6. The first-order chi connectivity index (χ1) is 8.36. The molecule has 0 aliphatic carbocycles. The minimum Gasteiger partial charge on any atom is -0.491 e. The number of nitrogens with two attached hydrogens (primary N) is 1. The quantitative estimate of drug-likeness (QED) is 0.743. The predicted molar refractivity (Wildman–Crippen MR) is 78.2 cm³/mol. The lowest BCUT2D eigenvalue weighted by molar-refractivity contribution is 0.302. The summed E-state index contributed by atoms with van der Waals surface area (Å²) in [6.45, 7) is 2.71. The molecule has 0 atom stereocenters. The van der Waals surface area contributed by atoms with Crippen molar-refractivity contribution in [1.29, 1.82) is 0 Å². The number of rotatable bonds is 6.